The summed E-state index contributed by atoms with van der Waals surface area (Å²) in [5.41, 5.74) is 3.97. The molecule has 0 aromatic heterocycles. The van der Waals surface area contributed by atoms with E-state index >= 15 is 0 Å². The molecule has 0 atom stereocenters. The minimum atomic E-state index is -1.84. The summed E-state index contributed by atoms with van der Waals surface area (Å²) < 4.78 is 5.01. The Hall–Kier alpha value is -3.34. The maximum atomic E-state index is 9.10. The van der Waals surface area contributed by atoms with Crippen molar-refractivity contribution >= 4 is 7.32 Å². The Balaban J connectivity index is 2.00. The molecule has 0 saturated heterocycles. The van der Waals surface area contributed by atoms with Crippen molar-refractivity contribution in [2.75, 3.05) is 0 Å². The van der Waals surface area contributed by atoms with Crippen molar-refractivity contribution in [3.05, 3.63) is 138 Å². The van der Waals surface area contributed by atoms with Crippen LogP contribution in [0.25, 0.3) is 0 Å². The molecule has 0 saturated carbocycles. The molecule has 4 heteroatoms. The molecular weight excluding hydrogens is 359 g/mol. The van der Waals surface area contributed by atoms with Gasteiger partial charge in [0.15, 0.2) is 0 Å². The fourth-order valence-corrected chi connectivity index (χ4v) is 3.97. The highest BCUT2D eigenvalue weighted by Crippen LogP contribution is 2.45. The smallest absolute Gasteiger partial charge is 0.512 e. The van der Waals surface area contributed by atoms with E-state index in [4.69, 9.17) is 14.7 Å². The molecule has 4 aromatic rings. The lowest BCUT2D eigenvalue weighted by Gasteiger charge is -2.36. The van der Waals surface area contributed by atoms with Crippen LogP contribution in [0.15, 0.2) is 115 Å². The van der Waals surface area contributed by atoms with Gasteiger partial charge in [-0.2, -0.15) is 0 Å². The molecule has 0 bridgehead atoms. The average Bonchev–Trinajstić information content (AvgIpc) is 2.77. The average molecular weight is 380 g/mol. The maximum absolute atomic E-state index is 9.10. The predicted molar refractivity (Wildman–Crippen MR) is 116 cm³/mol. The van der Waals surface area contributed by atoms with Gasteiger partial charge in [0.05, 0.1) is 5.41 Å². The Kier molecular flexibility index (Phi) is 5.47. The molecule has 2 N–H and O–H groups in total. The van der Waals surface area contributed by atoms with E-state index < -0.39 is 12.7 Å². The summed E-state index contributed by atoms with van der Waals surface area (Å²) in [4.78, 5) is 0. The SMILES string of the molecule is OB(O)Oc1ccc(C(c2ccccc2)(c2ccccc2)c2ccccc2)cc1. The Morgan fingerprint density at radius 1 is 0.483 bits per heavy atom. The van der Waals surface area contributed by atoms with Crippen LogP contribution in [0.4, 0.5) is 0 Å². The fourth-order valence-electron chi connectivity index (χ4n) is 3.97. The van der Waals surface area contributed by atoms with Crippen molar-refractivity contribution in [2.45, 2.75) is 5.41 Å². The van der Waals surface area contributed by atoms with Crippen LogP contribution in [-0.2, 0) is 5.41 Å². The quantitative estimate of drug-likeness (QED) is 0.385. The highest BCUT2D eigenvalue weighted by Gasteiger charge is 2.38. The van der Waals surface area contributed by atoms with Crippen LogP contribution in [0.3, 0.4) is 0 Å². The van der Waals surface area contributed by atoms with E-state index in [1.807, 2.05) is 30.3 Å². The number of hydrogen-bond acceptors (Lipinski definition) is 3. The minimum Gasteiger partial charge on any atom is -0.512 e. The van der Waals surface area contributed by atoms with Gasteiger partial charge in [-0.05, 0) is 34.4 Å². The molecule has 3 nitrogen and oxygen atoms in total. The molecule has 0 spiro atoms. The second kappa shape index (κ2) is 8.35. The standard InChI is InChI=1S/C25H21BO3/c27-26(28)29-24-18-16-23(17-19-24)25(20-10-4-1-5-11-20,21-12-6-2-7-13-21)22-14-8-3-9-15-22/h1-19,27-28H. The van der Waals surface area contributed by atoms with E-state index in [9.17, 15) is 0 Å². The highest BCUT2D eigenvalue weighted by atomic mass is 16.6. The first kappa shape index (κ1) is 19.0. The first-order chi connectivity index (χ1) is 14.2. The lowest BCUT2D eigenvalue weighted by Crippen LogP contribution is -2.31. The fraction of sp³-hybridized carbons (Fsp3) is 0.0400. The zero-order chi connectivity index (χ0) is 20.1. The van der Waals surface area contributed by atoms with Gasteiger partial charge in [-0.1, -0.05) is 103 Å². The zero-order valence-corrected chi connectivity index (χ0v) is 15.8. The summed E-state index contributed by atoms with van der Waals surface area (Å²) in [6.07, 6.45) is 0. The van der Waals surface area contributed by atoms with Crippen LogP contribution in [0.1, 0.15) is 22.3 Å². The number of hydrogen-bond donors (Lipinski definition) is 2. The Morgan fingerprint density at radius 2 is 0.828 bits per heavy atom. The van der Waals surface area contributed by atoms with Crippen LogP contribution in [0.2, 0.25) is 0 Å². The van der Waals surface area contributed by atoms with Crippen molar-refractivity contribution in [2.24, 2.45) is 0 Å². The molecule has 0 fully saturated rings. The van der Waals surface area contributed by atoms with Crippen molar-refractivity contribution in [3.8, 4) is 5.75 Å². The topological polar surface area (TPSA) is 49.7 Å². The van der Waals surface area contributed by atoms with Gasteiger partial charge in [-0.25, -0.2) is 0 Å². The third-order valence-electron chi connectivity index (χ3n) is 5.15. The Morgan fingerprint density at radius 3 is 1.17 bits per heavy atom. The summed E-state index contributed by atoms with van der Waals surface area (Å²) >= 11 is 0. The van der Waals surface area contributed by atoms with Gasteiger partial charge >= 0.3 is 7.32 Å². The van der Waals surface area contributed by atoms with Gasteiger partial charge in [0.1, 0.15) is 5.75 Å². The second-order valence-electron chi connectivity index (χ2n) is 6.82. The maximum Gasteiger partial charge on any atom is 0.707 e. The summed E-state index contributed by atoms with van der Waals surface area (Å²) in [5.74, 6) is 0.395. The lowest BCUT2D eigenvalue weighted by atomic mass is 9.65. The van der Waals surface area contributed by atoms with Crippen molar-refractivity contribution in [1.29, 1.82) is 0 Å². The highest BCUT2D eigenvalue weighted by molar-refractivity contribution is 6.33. The second-order valence-corrected chi connectivity index (χ2v) is 6.82. The van der Waals surface area contributed by atoms with Crippen molar-refractivity contribution < 1.29 is 14.7 Å². The molecule has 0 radical (unpaired) electrons. The molecular formula is C25H21BO3. The molecule has 29 heavy (non-hydrogen) atoms. The number of benzene rings is 4. The monoisotopic (exact) mass is 380 g/mol. The zero-order valence-electron chi connectivity index (χ0n) is 15.8. The molecule has 4 aromatic carbocycles. The van der Waals surface area contributed by atoms with Crippen LogP contribution < -0.4 is 4.65 Å². The van der Waals surface area contributed by atoms with Gasteiger partial charge in [-0.3, -0.25) is 0 Å². The Bertz CT molecular complexity index is 937. The predicted octanol–water partition coefficient (Wildman–Crippen LogP) is 4.42. The van der Waals surface area contributed by atoms with Crippen LogP contribution >= 0.6 is 0 Å². The van der Waals surface area contributed by atoms with E-state index in [0.29, 0.717) is 5.75 Å². The lowest BCUT2D eigenvalue weighted by molar-refractivity contribution is 0.288. The first-order valence-electron chi connectivity index (χ1n) is 9.51. The van der Waals surface area contributed by atoms with E-state index in [2.05, 4.69) is 72.8 Å². The van der Waals surface area contributed by atoms with Gasteiger partial charge in [0.25, 0.3) is 0 Å². The number of rotatable bonds is 6. The molecule has 142 valence electrons. The van der Waals surface area contributed by atoms with E-state index in [-0.39, 0.29) is 0 Å². The van der Waals surface area contributed by atoms with E-state index in [1.165, 1.54) is 0 Å². The molecule has 0 aliphatic rings. The molecule has 0 unspecified atom stereocenters. The summed E-state index contributed by atoms with van der Waals surface area (Å²) in [7, 11) is -1.84. The molecule has 0 amide bonds. The van der Waals surface area contributed by atoms with Gasteiger partial charge in [0, 0.05) is 0 Å². The minimum absolute atomic E-state index is 0.395. The third-order valence-corrected chi connectivity index (χ3v) is 5.15. The summed E-state index contributed by atoms with van der Waals surface area (Å²) in [5, 5.41) is 18.2. The third kappa shape index (κ3) is 3.68. The van der Waals surface area contributed by atoms with Crippen LogP contribution in [0.5, 0.6) is 5.75 Å². The van der Waals surface area contributed by atoms with Gasteiger partial charge < -0.3 is 14.7 Å². The van der Waals surface area contributed by atoms with Crippen LogP contribution in [-0.4, -0.2) is 17.4 Å². The molecule has 0 aliphatic heterocycles. The summed E-state index contributed by atoms with van der Waals surface area (Å²) in [6, 6.07) is 38.7. The van der Waals surface area contributed by atoms with Gasteiger partial charge in [0.2, 0.25) is 0 Å². The van der Waals surface area contributed by atoms with Crippen LogP contribution in [0, 0.1) is 0 Å². The van der Waals surface area contributed by atoms with E-state index in [0.717, 1.165) is 22.3 Å². The van der Waals surface area contributed by atoms with Crippen molar-refractivity contribution in [1.82, 2.24) is 0 Å². The van der Waals surface area contributed by atoms with Crippen molar-refractivity contribution in [3.63, 3.8) is 0 Å². The first-order valence-corrected chi connectivity index (χ1v) is 9.51. The molecule has 0 heterocycles. The molecule has 0 aliphatic carbocycles. The summed E-state index contributed by atoms with van der Waals surface area (Å²) in [6.45, 7) is 0. The van der Waals surface area contributed by atoms with E-state index in [1.54, 1.807) is 12.1 Å². The van der Waals surface area contributed by atoms with Gasteiger partial charge in [-0.15, -0.1) is 0 Å². The normalized spacial score (nSPS) is 11.1. The molecule has 4 rings (SSSR count). The largest absolute Gasteiger partial charge is 0.707 e. The Labute approximate surface area is 171 Å².